The van der Waals surface area contributed by atoms with E-state index in [4.69, 9.17) is 9.57 Å². The second kappa shape index (κ2) is 8.52. The molecule has 0 radical (unpaired) electrons. The van der Waals surface area contributed by atoms with E-state index in [2.05, 4.69) is 15.4 Å². The number of halogens is 1. The molecule has 2 aliphatic heterocycles. The van der Waals surface area contributed by atoms with E-state index in [0.717, 1.165) is 31.6 Å². The van der Waals surface area contributed by atoms with Gasteiger partial charge in [0, 0.05) is 25.1 Å². The van der Waals surface area contributed by atoms with Crippen LogP contribution in [0.3, 0.4) is 0 Å². The van der Waals surface area contributed by atoms with E-state index < -0.39 is 12.1 Å². The number of benzene rings is 2. The minimum absolute atomic E-state index is 0.227. The minimum Gasteiger partial charge on any atom is -0.465 e. The zero-order valence-electron chi connectivity index (χ0n) is 16.6. The molecule has 2 aliphatic rings. The predicted molar refractivity (Wildman–Crippen MR) is 110 cm³/mol. The first-order valence-electron chi connectivity index (χ1n) is 9.82. The van der Waals surface area contributed by atoms with Gasteiger partial charge in [0.2, 0.25) is 6.10 Å². The molecule has 0 aliphatic carbocycles. The molecule has 0 saturated carbocycles. The number of carbonyl (C=O) groups excluding carboxylic acids is 2. The molecule has 2 aromatic carbocycles. The van der Waals surface area contributed by atoms with Gasteiger partial charge in [0.15, 0.2) is 0 Å². The molecule has 2 heterocycles. The van der Waals surface area contributed by atoms with Gasteiger partial charge in [0.1, 0.15) is 5.82 Å². The molecule has 1 N–H and O–H groups in total. The largest absolute Gasteiger partial charge is 0.465 e. The van der Waals surface area contributed by atoms with Crippen molar-refractivity contribution in [1.82, 2.24) is 0 Å². The summed E-state index contributed by atoms with van der Waals surface area (Å²) in [5.41, 5.74) is 2.80. The van der Waals surface area contributed by atoms with Crippen LogP contribution < -0.4 is 10.2 Å². The summed E-state index contributed by atoms with van der Waals surface area (Å²) in [6.45, 7) is 1.76. The SMILES string of the molecule is COC(=O)c1ccc(N2CCCC2)c(NC(=O)C2CC(c3cccc(F)c3)=NO2)c1. The zero-order valence-corrected chi connectivity index (χ0v) is 16.6. The van der Waals surface area contributed by atoms with Crippen molar-refractivity contribution >= 4 is 29.0 Å². The fourth-order valence-corrected chi connectivity index (χ4v) is 3.68. The quantitative estimate of drug-likeness (QED) is 0.764. The third kappa shape index (κ3) is 4.12. The molecular weight excluding hydrogens is 389 g/mol. The number of amides is 1. The van der Waals surface area contributed by atoms with Gasteiger partial charge >= 0.3 is 5.97 Å². The average Bonchev–Trinajstić information content (AvgIpc) is 3.45. The second-order valence-corrected chi connectivity index (χ2v) is 7.25. The number of oxime groups is 1. The standard InChI is InChI=1S/C22H22FN3O4/c1-29-22(28)15-7-8-19(26-9-2-3-10-26)18(12-15)24-21(27)20-13-17(25-30-20)14-5-4-6-16(23)11-14/h4-8,11-12,20H,2-3,9-10,13H2,1H3,(H,24,27). The van der Waals surface area contributed by atoms with Gasteiger partial charge in [-0.15, -0.1) is 0 Å². The number of methoxy groups -OCH3 is 1. The van der Waals surface area contributed by atoms with E-state index in [1.807, 2.05) is 6.07 Å². The van der Waals surface area contributed by atoms with Gasteiger partial charge in [-0.3, -0.25) is 4.79 Å². The summed E-state index contributed by atoms with van der Waals surface area (Å²) in [4.78, 5) is 32.3. The smallest absolute Gasteiger partial charge is 0.337 e. The van der Waals surface area contributed by atoms with Crippen LogP contribution in [0.2, 0.25) is 0 Å². The van der Waals surface area contributed by atoms with Crippen molar-refractivity contribution in [2.24, 2.45) is 5.16 Å². The fourth-order valence-electron chi connectivity index (χ4n) is 3.68. The summed E-state index contributed by atoms with van der Waals surface area (Å²) in [6, 6.07) is 11.1. The highest BCUT2D eigenvalue weighted by Gasteiger charge is 2.30. The summed E-state index contributed by atoms with van der Waals surface area (Å²) in [7, 11) is 1.31. The maximum absolute atomic E-state index is 13.5. The van der Waals surface area contributed by atoms with Gasteiger partial charge in [-0.2, -0.15) is 0 Å². The van der Waals surface area contributed by atoms with Crippen LogP contribution in [0.15, 0.2) is 47.6 Å². The van der Waals surface area contributed by atoms with Crippen molar-refractivity contribution in [3.05, 3.63) is 59.4 Å². The first-order valence-corrected chi connectivity index (χ1v) is 9.82. The molecule has 7 nitrogen and oxygen atoms in total. The number of esters is 1. The molecule has 2 aromatic rings. The van der Waals surface area contributed by atoms with Gasteiger partial charge in [-0.05, 0) is 43.2 Å². The number of nitrogens with zero attached hydrogens (tertiary/aromatic N) is 2. The fraction of sp³-hybridized carbons (Fsp3) is 0.318. The lowest BCUT2D eigenvalue weighted by Gasteiger charge is -2.22. The van der Waals surface area contributed by atoms with Crippen LogP contribution in [0.25, 0.3) is 0 Å². The van der Waals surface area contributed by atoms with E-state index in [9.17, 15) is 14.0 Å². The van der Waals surface area contributed by atoms with Crippen molar-refractivity contribution in [2.75, 3.05) is 30.4 Å². The summed E-state index contributed by atoms with van der Waals surface area (Å²) in [6.07, 6.45) is 1.53. The first-order chi connectivity index (χ1) is 14.5. The summed E-state index contributed by atoms with van der Waals surface area (Å²) < 4.78 is 18.3. The molecule has 8 heteroatoms. The monoisotopic (exact) mass is 411 g/mol. The normalized spacial score (nSPS) is 18.0. The minimum atomic E-state index is -0.837. The van der Waals surface area contributed by atoms with E-state index in [0.29, 0.717) is 22.5 Å². The molecule has 156 valence electrons. The number of ether oxygens (including phenoxy) is 1. The molecule has 0 aromatic heterocycles. The number of carbonyl (C=O) groups is 2. The average molecular weight is 411 g/mol. The van der Waals surface area contributed by atoms with Gasteiger partial charge in [0.25, 0.3) is 5.91 Å². The van der Waals surface area contributed by atoms with Crippen molar-refractivity contribution in [3.8, 4) is 0 Å². The van der Waals surface area contributed by atoms with Crippen LogP contribution in [-0.4, -0.2) is 43.9 Å². The maximum Gasteiger partial charge on any atom is 0.337 e. The lowest BCUT2D eigenvalue weighted by molar-refractivity contribution is -0.125. The Balaban J connectivity index is 1.51. The topological polar surface area (TPSA) is 80.2 Å². The third-order valence-electron chi connectivity index (χ3n) is 5.24. The lowest BCUT2D eigenvalue weighted by Crippen LogP contribution is -2.29. The Morgan fingerprint density at radius 3 is 2.73 bits per heavy atom. The van der Waals surface area contributed by atoms with Crippen LogP contribution in [0.5, 0.6) is 0 Å². The molecule has 4 rings (SSSR count). The lowest BCUT2D eigenvalue weighted by atomic mass is 10.0. The van der Waals surface area contributed by atoms with Crippen molar-refractivity contribution < 1.29 is 23.6 Å². The first kappa shape index (κ1) is 19.9. The number of hydrogen-bond acceptors (Lipinski definition) is 6. The number of rotatable bonds is 5. The van der Waals surface area contributed by atoms with E-state index >= 15 is 0 Å². The molecule has 0 bridgehead atoms. The van der Waals surface area contributed by atoms with Gasteiger partial charge < -0.3 is 19.8 Å². The molecule has 1 amide bonds. The highest BCUT2D eigenvalue weighted by molar-refractivity contribution is 6.07. The Morgan fingerprint density at radius 1 is 1.20 bits per heavy atom. The van der Waals surface area contributed by atoms with Crippen molar-refractivity contribution in [2.45, 2.75) is 25.4 Å². The molecule has 30 heavy (non-hydrogen) atoms. The molecule has 0 spiro atoms. The van der Waals surface area contributed by atoms with Crippen LogP contribution in [-0.2, 0) is 14.4 Å². The Morgan fingerprint density at radius 2 is 2.00 bits per heavy atom. The second-order valence-electron chi connectivity index (χ2n) is 7.25. The predicted octanol–water partition coefficient (Wildman–Crippen LogP) is 3.34. The van der Waals surface area contributed by atoms with Crippen LogP contribution in [0.1, 0.15) is 35.2 Å². The van der Waals surface area contributed by atoms with Gasteiger partial charge in [0.05, 0.1) is 29.8 Å². The van der Waals surface area contributed by atoms with E-state index in [1.54, 1.807) is 24.3 Å². The van der Waals surface area contributed by atoms with Crippen LogP contribution >= 0.6 is 0 Å². The van der Waals surface area contributed by atoms with Crippen LogP contribution in [0.4, 0.5) is 15.8 Å². The Kier molecular flexibility index (Phi) is 5.65. The highest BCUT2D eigenvalue weighted by Crippen LogP contribution is 2.31. The Bertz CT molecular complexity index is 1000. The number of hydrogen-bond donors (Lipinski definition) is 1. The molecule has 1 fully saturated rings. The highest BCUT2D eigenvalue weighted by atomic mass is 19.1. The zero-order chi connectivity index (χ0) is 21.1. The Labute approximate surface area is 173 Å². The summed E-state index contributed by atoms with van der Waals surface area (Å²) in [5, 5.41) is 6.83. The molecule has 1 atom stereocenters. The Hall–Kier alpha value is -3.42. The van der Waals surface area contributed by atoms with Crippen molar-refractivity contribution in [3.63, 3.8) is 0 Å². The summed E-state index contributed by atoms with van der Waals surface area (Å²) in [5.74, 6) is -1.24. The van der Waals surface area contributed by atoms with Crippen molar-refractivity contribution in [1.29, 1.82) is 0 Å². The molecule has 1 saturated heterocycles. The number of anilines is 2. The van der Waals surface area contributed by atoms with E-state index in [1.165, 1.54) is 19.2 Å². The summed E-state index contributed by atoms with van der Waals surface area (Å²) >= 11 is 0. The molecule has 1 unspecified atom stereocenters. The van der Waals surface area contributed by atoms with Gasteiger partial charge in [-0.1, -0.05) is 17.3 Å². The molecular formula is C22H22FN3O4. The maximum atomic E-state index is 13.5. The van der Waals surface area contributed by atoms with Gasteiger partial charge in [-0.25, -0.2) is 9.18 Å². The number of nitrogens with one attached hydrogen (secondary N) is 1. The third-order valence-corrected chi connectivity index (χ3v) is 5.24. The van der Waals surface area contributed by atoms with E-state index in [-0.39, 0.29) is 18.1 Å². The van der Waals surface area contributed by atoms with Crippen LogP contribution in [0, 0.1) is 5.82 Å².